The summed E-state index contributed by atoms with van der Waals surface area (Å²) in [6, 6.07) is -0.534. The second-order valence-electron chi connectivity index (χ2n) is 22.8. The van der Waals surface area contributed by atoms with Crippen molar-refractivity contribution in [3.8, 4) is 0 Å². The molecule has 0 heterocycles. The largest absolute Gasteiger partial charge is 0.466 e. The van der Waals surface area contributed by atoms with Crippen LogP contribution in [0.4, 0.5) is 0 Å². The van der Waals surface area contributed by atoms with Gasteiger partial charge in [0.1, 0.15) is 0 Å². The molecular formula is C65H129NO5. The second kappa shape index (κ2) is 61.4. The number of nitrogens with one attached hydrogen (secondary N) is 1. The molecule has 1 amide bonds. The predicted octanol–water partition coefficient (Wildman–Crippen LogP) is 20.6. The van der Waals surface area contributed by atoms with Crippen LogP contribution >= 0.6 is 0 Å². The Balaban J connectivity index is 3.27. The van der Waals surface area contributed by atoms with Crippen LogP contribution in [0, 0.1) is 0 Å². The number of rotatable bonds is 62. The Morgan fingerprint density at radius 3 is 0.859 bits per heavy atom. The highest BCUT2D eigenvalue weighted by Crippen LogP contribution is 2.19. The van der Waals surface area contributed by atoms with Gasteiger partial charge in [0, 0.05) is 12.8 Å². The van der Waals surface area contributed by atoms with Crippen LogP contribution in [0.15, 0.2) is 0 Å². The quantitative estimate of drug-likeness (QED) is 0.0417. The smallest absolute Gasteiger partial charge is 0.305 e. The Labute approximate surface area is 445 Å². The molecule has 3 N–H and O–H groups in total. The third kappa shape index (κ3) is 58.0. The molecule has 0 saturated carbocycles. The number of aliphatic hydroxyl groups excluding tert-OH is 2. The summed E-state index contributed by atoms with van der Waals surface area (Å²) in [5, 5.41) is 23.1. The molecule has 0 fully saturated rings. The Morgan fingerprint density at radius 1 is 0.338 bits per heavy atom. The van der Waals surface area contributed by atoms with Crippen LogP contribution < -0.4 is 5.32 Å². The molecule has 6 heteroatoms. The first-order valence-corrected chi connectivity index (χ1v) is 32.8. The fourth-order valence-electron chi connectivity index (χ4n) is 10.6. The van der Waals surface area contributed by atoms with Crippen LogP contribution in [-0.4, -0.2) is 47.4 Å². The molecule has 0 aromatic heterocycles. The van der Waals surface area contributed by atoms with Gasteiger partial charge in [0.2, 0.25) is 5.91 Å². The zero-order chi connectivity index (χ0) is 51.4. The lowest BCUT2D eigenvalue weighted by Gasteiger charge is -2.22. The summed E-state index contributed by atoms with van der Waals surface area (Å²) in [7, 11) is 0. The number of hydrogen-bond donors (Lipinski definition) is 3. The number of hydrogen-bond acceptors (Lipinski definition) is 5. The van der Waals surface area contributed by atoms with Gasteiger partial charge in [0.05, 0.1) is 25.4 Å². The first-order valence-electron chi connectivity index (χ1n) is 32.8. The maximum atomic E-state index is 12.4. The Kier molecular flexibility index (Phi) is 60.4. The molecule has 2 atom stereocenters. The van der Waals surface area contributed by atoms with Crippen molar-refractivity contribution in [1.82, 2.24) is 5.32 Å². The van der Waals surface area contributed by atoms with Gasteiger partial charge in [-0.15, -0.1) is 0 Å². The van der Waals surface area contributed by atoms with Gasteiger partial charge in [-0.2, -0.15) is 0 Å². The number of carbonyl (C=O) groups is 2. The van der Waals surface area contributed by atoms with Gasteiger partial charge in [-0.1, -0.05) is 341 Å². The zero-order valence-corrected chi connectivity index (χ0v) is 48.5. The van der Waals surface area contributed by atoms with Gasteiger partial charge < -0.3 is 20.3 Å². The molecule has 0 spiro atoms. The third-order valence-corrected chi connectivity index (χ3v) is 15.7. The summed E-state index contributed by atoms with van der Waals surface area (Å²) < 4.78 is 5.48. The summed E-state index contributed by atoms with van der Waals surface area (Å²) in [5.74, 6) is -0.00733. The number of unbranched alkanes of at least 4 members (excludes halogenated alkanes) is 51. The first-order chi connectivity index (χ1) is 35.0. The average molecular weight is 1000 g/mol. The van der Waals surface area contributed by atoms with E-state index in [2.05, 4.69) is 19.2 Å². The van der Waals surface area contributed by atoms with Gasteiger partial charge in [-0.05, 0) is 25.7 Å². The molecule has 0 aliphatic carbocycles. The number of amides is 1. The molecule has 71 heavy (non-hydrogen) atoms. The molecule has 0 aliphatic heterocycles. The second-order valence-corrected chi connectivity index (χ2v) is 22.8. The topological polar surface area (TPSA) is 95.9 Å². The zero-order valence-electron chi connectivity index (χ0n) is 48.5. The van der Waals surface area contributed by atoms with Crippen molar-refractivity contribution in [1.29, 1.82) is 0 Å². The van der Waals surface area contributed by atoms with E-state index in [9.17, 15) is 19.8 Å². The first kappa shape index (κ1) is 69.9. The normalized spacial score (nSPS) is 12.5. The molecule has 0 saturated heterocycles. The minimum absolute atomic E-state index is 0.0231. The van der Waals surface area contributed by atoms with Crippen LogP contribution in [0.25, 0.3) is 0 Å². The SMILES string of the molecule is CCCCCCCCCCCCCCC(=O)OCCCCCCCCCCCCCCCCCCCCCCCCCCCCCCCCCCCC(=O)NC(CO)C(O)CCCCCCCCCCC. The third-order valence-electron chi connectivity index (χ3n) is 15.7. The van der Waals surface area contributed by atoms with Crippen molar-refractivity contribution in [2.45, 2.75) is 392 Å². The van der Waals surface area contributed by atoms with Crippen molar-refractivity contribution in [3.63, 3.8) is 0 Å². The fourth-order valence-corrected chi connectivity index (χ4v) is 10.6. The van der Waals surface area contributed by atoms with E-state index in [1.165, 1.54) is 308 Å². The standard InChI is InChI=1S/C65H129NO5/c1-3-5-7-9-11-13-14-39-43-47-51-55-59-65(70)71-60-56-52-48-44-40-37-35-33-31-29-27-25-23-21-19-17-15-16-18-20-22-24-26-28-30-32-34-36-38-42-46-50-54-58-64(69)66-62(61-67)63(68)57-53-49-45-41-12-10-8-6-4-2/h62-63,67-68H,3-61H2,1-2H3,(H,66,69). The molecule has 0 rings (SSSR count). The van der Waals surface area contributed by atoms with Gasteiger partial charge in [-0.25, -0.2) is 0 Å². The molecule has 0 aliphatic rings. The molecule has 6 nitrogen and oxygen atoms in total. The summed E-state index contributed by atoms with van der Waals surface area (Å²) in [5.41, 5.74) is 0. The molecule has 2 unspecified atom stereocenters. The van der Waals surface area contributed by atoms with Crippen LogP contribution in [0.3, 0.4) is 0 Å². The molecule has 424 valence electrons. The lowest BCUT2D eigenvalue weighted by molar-refractivity contribution is -0.143. The van der Waals surface area contributed by atoms with Crippen molar-refractivity contribution in [2.75, 3.05) is 13.2 Å². The van der Waals surface area contributed by atoms with E-state index in [1.807, 2.05) is 0 Å². The van der Waals surface area contributed by atoms with Crippen LogP contribution in [0.1, 0.15) is 380 Å². The van der Waals surface area contributed by atoms with Crippen LogP contribution in [0.5, 0.6) is 0 Å². The molecule has 0 bridgehead atoms. The number of esters is 1. The number of carbonyl (C=O) groups excluding carboxylic acids is 2. The lowest BCUT2D eigenvalue weighted by Crippen LogP contribution is -2.45. The van der Waals surface area contributed by atoms with E-state index in [-0.39, 0.29) is 18.5 Å². The highest BCUT2D eigenvalue weighted by Gasteiger charge is 2.20. The van der Waals surface area contributed by atoms with E-state index in [4.69, 9.17) is 4.74 Å². The van der Waals surface area contributed by atoms with Crippen molar-refractivity contribution < 1.29 is 24.5 Å². The highest BCUT2D eigenvalue weighted by atomic mass is 16.5. The highest BCUT2D eigenvalue weighted by molar-refractivity contribution is 5.76. The van der Waals surface area contributed by atoms with Crippen LogP contribution in [-0.2, 0) is 14.3 Å². The minimum Gasteiger partial charge on any atom is -0.466 e. The summed E-state index contributed by atoms with van der Waals surface area (Å²) in [6.07, 6.45) is 73.0. The number of aliphatic hydroxyl groups is 2. The lowest BCUT2D eigenvalue weighted by atomic mass is 10.0. The molecule has 0 aromatic rings. The summed E-state index contributed by atoms with van der Waals surface area (Å²) >= 11 is 0. The van der Waals surface area contributed by atoms with E-state index < -0.39 is 12.1 Å². The van der Waals surface area contributed by atoms with Crippen molar-refractivity contribution in [2.24, 2.45) is 0 Å². The molecule has 0 aromatic carbocycles. The maximum absolute atomic E-state index is 12.4. The fraction of sp³-hybridized carbons (Fsp3) is 0.969. The van der Waals surface area contributed by atoms with Gasteiger partial charge in [0.25, 0.3) is 0 Å². The average Bonchev–Trinajstić information content (AvgIpc) is 3.37. The van der Waals surface area contributed by atoms with E-state index >= 15 is 0 Å². The van der Waals surface area contributed by atoms with Gasteiger partial charge in [0.15, 0.2) is 0 Å². The van der Waals surface area contributed by atoms with E-state index in [1.54, 1.807) is 0 Å². The van der Waals surface area contributed by atoms with Crippen LogP contribution in [0.2, 0.25) is 0 Å². The van der Waals surface area contributed by atoms with Gasteiger partial charge >= 0.3 is 5.97 Å². The molecular weight excluding hydrogens is 875 g/mol. The van der Waals surface area contributed by atoms with Crippen molar-refractivity contribution in [3.05, 3.63) is 0 Å². The Morgan fingerprint density at radius 2 is 0.577 bits per heavy atom. The molecule has 0 radical (unpaired) electrons. The predicted molar refractivity (Wildman–Crippen MR) is 310 cm³/mol. The Bertz CT molecular complexity index is 1020. The van der Waals surface area contributed by atoms with E-state index in [0.717, 1.165) is 38.5 Å². The number of ether oxygens (including phenoxy) is 1. The van der Waals surface area contributed by atoms with Crippen molar-refractivity contribution >= 4 is 11.9 Å². The maximum Gasteiger partial charge on any atom is 0.305 e. The monoisotopic (exact) mass is 1000 g/mol. The Hall–Kier alpha value is -1.14. The minimum atomic E-state index is -0.657. The van der Waals surface area contributed by atoms with Gasteiger partial charge in [-0.3, -0.25) is 9.59 Å². The summed E-state index contributed by atoms with van der Waals surface area (Å²) in [6.45, 7) is 4.96. The van der Waals surface area contributed by atoms with E-state index in [0.29, 0.717) is 25.9 Å². The summed E-state index contributed by atoms with van der Waals surface area (Å²) in [4.78, 5) is 24.4.